The molecule has 0 radical (unpaired) electrons. The molecule has 0 aliphatic carbocycles. The van der Waals surface area contributed by atoms with Gasteiger partial charge in [0.25, 0.3) is 11.1 Å². The number of phenols is 1. The summed E-state index contributed by atoms with van der Waals surface area (Å²) in [5.41, 5.74) is 5.69. The fraction of sp³-hybridized carbons (Fsp3) is 0.0556. The summed E-state index contributed by atoms with van der Waals surface area (Å²) in [7, 11) is 0. The molecular formula is C18H12N4O3. The van der Waals surface area contributed by atoms with Crippen molar-refractivity contribution in [1.82, 2.24) is 9.36 Å². The fourth-order valence-electron chi connectivity index (χ4n) is 3.24. The van der Waals surface area contributed by atoms with Gasteiger partial charge in [-0.25, -0.2) is 4.68 Å². The van der Waals surface area contributed by atoms with Gasteiger partial charge in [0, 0.05) is 0 Å². The van der Waals surface area contributed by atoms with Gasteiger partial charge in [0.15, 0.2) is 0 Å². The number of nitrogens with zero attached hydrogens (tertiary/aromatic N) is 3. The van der Waals surface area contributed by atoms with E-state index in [0.717, 1.165) is 4.68 Å². The zero-order valence-corrected chi connectivity index (χ0v) is 12.9. The van der Waals surface area contributed by atoms with Crippen LogP contribution in [0.5, 0.6) is 5.75 Å². The molecular weight excluding hydrogens is 320 g/mol. The lowest BCUT2D eigenvalue weighted by molar-refractivity contribution is 0.471. The number of fused-ring (bicyclic) bond motifs is 2. The maximum absolute atomic E-state index is 13.0. The lowest BCUT2D eigenvalue weighted by Gasteiger charge is -2.16. The van der Waals surface area contributed by atoms with Gasteiger partial charge in [-0.2, -0.15) is 9.94 Å². The standard InChI is InChI=1S/C18H12N4O3/c19-9-14-15(10-4-3-5-11(23)8-10)21-17(24)12-6-1-2-7-13(12)18(25)22(21)16(14)20/h1-8,15,23H,20H2. The van der Waals surface area contributed by atoms with Gasteiger partial charge in [-0.05, 0) is 29.8 Å². The van der Waals surface area contributed by atoms with E-state index in [9.17, 15) is 20.0 Å². The quantitative estimate of drug-likeness (QED) is 0.693. The Morgan fingerprint density at radius 3 is 2.36 bits per heavy atom. The van der Waals surface area contributed by atoms with E-state index in [1.54, 1.807) is 36.4 Å². The van der Waals surface area contributed by atoms with Crippen LogP contribution in [0.2, 0.25) is 0 Å². The molecule has 0 amide bonds. The Balaban J connectivity index is 2.17. The van der Waals surface area contributed by atoms with Crippen LogP contribution in [0.25, 0.3) is 16.6 Å². The molecule has 0 spiro atoms. The number of rotatable bonds is 1. The summed E-state index contributed by atoms with van der Waals surface area (Å²) in [5, 5.41) is 19.8. The number of aromatic hydroxyl groups is 1. The summed E-state index contributed by atoms with van der Waals surface area (Å²) in [4.78, 5) is 25.8. The van der Waals surface area contributed by atoms with Crippen molar-refractivity contribution in [3.05, 3.63) is 80.4 Å². The van der Waals surface area contributed by atoms with Crippen molar-refractivity contribution in [2.45, 2.75) is 6.04 Å². The predicted molar refractivity (Wildman–Crippen MR) is 91.7 cm³/mol. The normalized spacial score (nSPS) is 16.0. The number of phenolic OH excluding ortho intramolecular Hbond substituents is 1. The van der Waals surface area contributed by atoms with Crippen LogP contribution in [-0.2, 0) is 0 Å². The largest absolute Gasteiger partial charge is 0.508 e. The number of hydrogen-bond donors (Lipinski definition) is 2. The molecule has 0 saturated heterocycles. The van der Waals surface area contributed by atoms with Crippen molar-refractivity contribution >= 4 is 16.6 Å². The van der Waals surface area contributed by atoms with E-state index >= 15 is 0 Å². The van der Waals surface area contributed by atoms with Gasteiger partial charge in [0.1, 0.15) is 29.3 Å². The third-order valence-corrected chi connectivity index (χ3v) is 4.33. The Labute approximate surface area is 141 Å². The van der Waals surface area contributed by atoms with Crippen LogP contribution >= 0.6 is 0 Å². The average Bonchev–Trinajstić information content (AvgIpc) is 2.92. The molecule has 0 fully saturated rings. The summed E-state index contributed by atoms with van der Waals surface area (Å²) in [5.74, 6) is -0.0910. The van der Waals surface area contributed by atoms with E-state index in [1.165, 1.54) is 16.8 Å². The third kappa shape index (κ3) is 1.91. The van der Waals surface area contributed by atoms with Crippen LogP contribution in [0.4, 0.5) is 0 Å². The molecule has 1 aliphatic rings. The van der Waals surface area contributed by atoms with Gasteiger partial charge in [-0.15, -0.1) is 0 Å². The van der Waals surface area contributed by atoms with Gasteiger partial charge in [0.05, 0.1) is 10.8 Å². The number of nitrogens with two attached hydrogens (primary N) is 1. The summed E-state index contributed by atoms with van der Waals surface area (Å²) < 4.78 is 2.21. The molecule has 1 atom stereocenters. The van der Waals surface area contributed by atoms with Crippen molar-refractivity contribution in [3.63, 3.8) is 0 Å². The van der Waals surface area contributed by atoms with Crippen LogP contribution in [0, 0.1) is 11.3 Å². The summed E-state index contributed by atoms with van der Waals surface area (Å²) in [6.07, 6.45) is 0. The first-order valence-electron chi connectivity index (χ1n) is 7.50. The number of benzene rings is 2. The molecule has 1 unspecified atom stereocenters. The first kappa shape index (κ1) is 14.8. The van der Waals surface area contributed by atoms with Crippen molar-refractivity contribution in [3.8, 4) is 11.8 Å². The topological polar surface area (TPSA) is 114 Å². The highest BCUT2D eigenvalue weighted by Gasteiger charge is 2.34. The molecule has 7 heteroatoms. The van der Waals surface area contributed by atoms with Crippen molar-refractivity contribution in [1.29, 1.82) is 5.26 Å². The SMILES string of the molecule is N#CC1=C(N)n2c(=O)c3ccccc3c(=O)n2C1c1cccc(O)c1. The summed E-state index contributed by atoms with van der Waals surface area (Å²) in [6, 6.07) is 13.7. The summed E-state index contributed by atoms with van der Waals surface area (Å²) >= 11 is 0. The molecule has 4 rings (SSSR count). The number of nitriles is 1. The first-order valence-corrected chi connectivity index (χ1v) is 7.50. The molecule has 1 aliphatic heterocycles. The Bertz CT molecular complexity index is 1230. The highest BCUT2D eigenvalue weighted by molar-refractivity contribution is 5.81. The molecule has 0 saturated carbocycles. The predicted octanol–water partition coefficient (Wildman–Crippen LogP) is 1.12. The van der Waals surface area contributed by atoms with Crippen molar-refractivity contribution < 1.29 is 5.11 Å². The molecule has 3 aromatic rings. The minimum atomic E-state index is -0.873. The minimum absolute atomic E-state index is 0.0111. The molecule has 2 aromatic carbocycles. The van der Waals surface area contributed by atoms with Crippen LogP contribution in [0.15, 0.2) is 63.7 Å². The number of allylic oxidation sites excluding steroid dienone is 1. The molecule has 122 valence electrons. The Morgan fingerprint density at radius 1 is 1.04 bits per heavy atom. The fourth-order valence-corrected chi connectivity index (χ4v) is 3.24. The van der Waals surface area contributed by atoms with E-state index in [1.807, 2.05) is 6.07 Å². The number of aromatic nitrogens is 2. The van der Waals surface area contributed by atoms with Crippen LogP contribution in [-0.4, -0.2) is 14.5 Å². The first-order chi connectivity index (χ1) is 12.0. The second-order valence-corrected chi connectivity index (χ2v) is 5.72. The van der Waals surface area contributed by atoms with E-state index in [-0.39, 0.29) is 27.9 Å². The monoisotopic (exact) mass is 332 g/mol. The van der Waals surface area contributed by atoms with Crippen molar-refractivity contribution in [2.75, 3.05) is 0 Å². The van der Waals surface area contributed by atoms with Gasteiger partial charge < -0.3 is 10.8 Å². The molecule has 1 aromatic heterocycles. The second kappa shape index (κ2) is 5.11. The van der Waals surface area contributed by atoms with Gasteiger partial charge in [-0.3, -0.25) is 9.59 Å². The molecule has 3 N–H and O–H groups in total. The summed E-state index contributed by atoms with van der Waals surface area (Å²) in [6.45, 7) is 0. The zero-order valence-electron chi connectivity index (χ0n) is 12.9. The van der Waals surface area contributed by atoms with E-state index in [2.05, 4.69) is 0 Å². The van der Waals surface area contributed by atoms with Gasteiger partial charge >= 0.3 is 0 Å². The molecule has 7 nitrogen and oxygen atoms in total. The van der Waals surface area contributed by atoms with E-state index in [4.69, 9.17) is 5.73 Å². The highest BCUT2D eigenvalue weighted by Crippen LogP contribution is 2.33. The zero-order chi connectivity index (χ0) is 17.7. The van der Waals surface area contributed by atoms with E-state index in [0.29, 0.717) is 5.56 Å². The van der Waals surface area contributed by atoms with E-state index < -0.39 is 17.2 Å². The van der Waals surface area contributed by atoms with Crippen LogP contribution < -0.4 is 16.9 Å². The highest BCUT2D eigenvalue weighted by atomic mass is 16.3. The average molecular weight is 332 g/mol. The third-order valence-electron chi connectivity index (χ3n) is 4.33. The minimum Gasteiger partial charge on any atom is -0.508 e. The maximum atomic E-state index is 13.0. The Hall–Kier alpha value is -3.79. The lowest BCUT2D eigenvalue weighted by Crippen LogP contribution is -2.38. The van der Waals surface area contributed by atoms with Crippen LogP contribution in [0.1, 0.15) is 11.6 Å². The molecule has 2 heterocycles. The van der Waals surface area contributed by atoms with Gasteiger partial charge in [0.2, 0.25) is 0 Å². The second-order valence-electron chi connectivity index (χ2n) is 5.72. The Kier molecular flexibility index (Phi) is 3.02. The van der Waals surface area contributed by atoms with Gasteiger partial charge in [-0.1, -0.05) is 24.3 Å². The molecule has 25 heavy (non-hydrogen) atoms. The van der Waals surface area contributed by atoms with Crippen LogP contribution in [0.3, 0.4) is 0 Å². The molecule has 0 bridgehead atoms. The maximum Gasteiger partial charge on any atom is 0.279 e. The lowest BCUT2D eigenvalue weighted by atomic mass is 10.00. The number of hydrogen-bond acceptors (Lipinski definition) is 5. The smallest absolute Gasteiger partial charge is 0.279 e. The van der Waals surface area contributed by atoms with Crippen molar-refractivity contribution in [2.24, 2.45) is 5.73 Å². The Morgan fingerprint density at radius 2 is 1.72 bits per heavy atom.